The number of thiocarbonyl (C=S) groups is 1. The molecule has 1 aromatic carbocycles. The molecule has 10 heteroatoms. The fourth-order valence-electron chi connectivity index (χ4n) is 4.04. The van der Waals surface area contributed by atoms with Gasteiger partial charge in [0.05, 0.1) is 7.11 Å². The van der Waals surface area contributed by atoms with Gasteiger partial charge >= 0.3 is 0 Å². The quantitative estimate of drug-likeness (QED) is 0.256. The minimum absolute atomic E-state index is 0.0233. The van der Waals surface area contributed by atoms with E-state index in [1.165, 1.54) is 36.6 Å². The molecule has 33 heavy (non-hydrogen) atoms. The third-order valence-corrected chi connectivity index (χ3v) is 7.02. The first-order valence-electron chi connectivity index (χ1n) is 10.8. The lowest BCUT2D eigenvalue weighted by atomic mass is 9.69. The first kappa shape index (κ1) is 23.7. The number of nitrogens with zero attached hydrogens (tertiary/aromatic N) is 4. The van der Waals surface area contributed by atoms with E-state index in [1.807, 2.05) is 12.1 Å². The van der Waals surface area contributed by atoms with Gasteiger partial charge in [0.25, 0.3) is 0 Å². The van der Waals surface area contributed by atoms with E-state index >= 15 is 0 Å². The molecule has 0 amide bonds. The van der Waals surface area contributed by atoms with E-state index in [2.05, 4.69) is 42.7 Å². The average Bonchev–Trinajstić information content (AvgIpc) is 2.84. The number of methoxy groups -OCH3 is 1. The minimum atomic E-state index is 0.0233. The third-order valence-electron chi connectivity index (χ3n) is 5.71. The van der Waals surface area contributed by atoms with Crippen molar-refractivity contribution in [3.05, 3.63) is 59.4 Å². The molecular weight excluding hydrogens is 476 g/mol. The molecule has 1 fully saturated rings. The number of hydrogen-bond acceptors (Lipinski definition) is 7. The van der Waals surface area contributed by atoms with E-state index in [4.69, 9.17) is 28.6 Å². The monoisotopic (exact) mass is 500 g/mol. The zero-order chi connectivity index (χ0) is 23.1. The molecule has 1 aliphatic carbocycles. The van der Waals surface area contributed by atoms with Crippen molar-refractivity contribution in [3.8, 4) is 5.88 Å². The maximum atomic E-state index is 6.12. The molecule has 3 aromatic rings. The summed E-state index contributed by atoms with van der Waals surface area (Å²) in [6, 6.07) is 11.7. The Labute approximate surface area is 208 Å². The Balaban J connectivity index is 1.45. The highest BCUT2D eigenvalue weighted by Gasteiger charge is 2.34. The van der Waals surface area contributed by atoms with Gasteiger partial charge in [-0.05, 0) is 60.6 Å². The van der Waals surface area contributed by atoms with Gasteiger partial charge in [0.15, 0.2) is 10.3 Å². The number of benzene rings is 1. The lowest BCUT2D eigenvalue weighted by molar-refractivity contribution is 0.292. The molecule has 172 valence electrons. The standard InChI is InChI=1S/C23H25ClN6OS2/c1-31-18-14-19(33-22-25-12-5-13-26-22)29-20(28-18)30-21(32)27-15-23(10-3-2-4-11-23)16-6-8-17(24)9-7-16/h5-9,12-14H,2-4,10-11,15H2,1H3,(H2,27,28,29,30,32). The molecule has 2 heterocycles. The van der Waals surface area contributed by atoms with Crippen molar-refractivity contribution >= 4 is 46.6 Å². The summed E-state index contributed by atoms with van der Waals surface area (Å²) in [5, 5.41) is 8.96. The van der Waals surface area contributed by atoms with E-state index in [-0.39, 0.29) is 5.41 Å². The number of halogens is 1. The zero-order valence-corrected chi connectivity index (χ0v) is 20.6. The Morgan fingerprint density at radius 2 is 1.85 bits per heavy atom. The summed E-state index contributed by atoms with van der Waals surface area (Å²) >= 11 is 13.0. The number of anilines is 1. The lowest BCUT2D eigenvalue weighted by Crippen LogP contribution is -2.43. The number of nitrogens with one attached hydrogen (secondary N) is 2. The molecule has 0 spiro atoms. The highest BCUT2D eigenvalue weighted by molar-refractivity contribution is 7.99. The molecule has 7 nitrogen and oxygen atoms in total. The van der Waals surface area contributed by atoms with Crippen molar-refractivity contribution in [1.29, 1.82) is 0 Å². The molecule has 0 bridgehead atoms. The SMILES string of the molecule is COc1cc(Sc2ncccn2)nc(NC(=S)NCC2(c3ccc(Cl)cc3)CCCCC2)n1. The van der Waals surface area contributed by atoms with E-state index in [1.54, 1.807) is 31.6 Å². The second-order valence-electron chi connectivity index (χ2n) is 7.86. The molecule has 0 aliphatic heterocycles. The Hall–Kier alpha value is -2.49. The highest BCUT2D eigenvalue weighted by Crippen LogP contribution is 2.39. The molecule has 1 aliphatic rings. The van der Waals surface area contributed by atoms with E-state index < -0.39 is 0 Å². The van der Waals surface area contributed by atoms with Gasteiger partial charge in [-0.2, -0.15) is 4.98 Å². The van der Waals surface area contributed by atoms with Gasteiger partial charge in [0.2, 0.25) is 11.8 Å². The Morgan fingerprint density at radius 3 is 2.55 bits per heavy atom. The van der Waals surface area contributed by atoms with Crippen LogP contribution in [-0.2, 0) is 5.41 Å². The molecule has 4 rings (SSSR count). The second-order valence-corrected chi connectivity index (χ2v) is 9.69. The molecule has 0 radical (unpaired) electrons. The number of ether oxygens (including phenoxy) is 1. The fourth-order valence-corrected chi connectivity index (χ4v) is 5.04. The van der Waals surface area contributed by atoms with Crippen LogP contribution in [0.2, 0.25) is 5.02 Å². The van der Waals surface area contributed by atoms with Gasteiger partial charge in [0, 0.05) is 35.4 Å². The number of rotatable bonds is 7. The van der Waals surface area contributed by atoms with Crippen molar-refractivity contribution in [1.82, 2.24) is 25.3 Å². The van der Waals surface area contributed by atoms with Crippen LogP contribution < -0.4 is 15.4 Å². The van der Waals surface area contributed by atoms with Crippen LogP contribution >= 0.6 is 35.6 Å². The first-order valence-corrected chi connectivity index (χ1v) is 12.4. The summed E-state index contributed by atoms with van der Waals surface area (Å²) < 4.78 is 5.33. The average molecular weight is 501 g/mol. The Kier molecular flexibility index (Phi) is 7.95. The van der Waals surface area contributed by atoms with Crippen LogP contribution in [0.5, 0.6) is 5.88 Å². The van der Waals surface area contributed by atoms with Crippen LogP contribution in [0.3, 0.4) is 0 Å². The fraction of sp³-hybridized carbons (Fsp3) is 0.348. The van der Waals surface area contributed by atoms with Crippen molar-refractivity contribution in [3.63, 3.8) is 0 Å². The summed E-state index contributed by atoms with van der Waals surface area (Å²) in [6.07, 6.45) is 9.26. The minimum Gasteiger partial charge on any atom is -0.481 e. The largest absolute Gasteiger partial charge is 0.481 e. The van der Waals surface area contributed by atoms with Gasteiger partial charge < -0.3 is 15.4 Å². The summed E-state index contributed by atoms with van der Waals surface area (Å²) in [5.74, 6) is 0.785. The molecule has 2 N–H and O–H groups in total. The normalized spacial score (nSPS) is 15.0. The summed E-state index contributed by atoms with van der Waals surface area (Å²) in [4.78, 5) is 17.4. The molecule has 2 aromatic heterocycles. The van der Waals surface area contributed by atoms with Crippen molar-refractivity contribution in [2.45, 2.75) is 47.7 Å². The Bertz CT molecular complexity index is 1080. The van der Waals surface area contributed by atoms with Gasteiger partial charge in [-0.25, -0.2) is 15.0 Å². The summed E-state index contributed by atoms with van der Waals surface area (Å²) in [5.41, 5.74) is 1.32. The van der Waals surface area contributed by atoms with Crippen molar-refractivity contribution in [2.75, 3.05) is 19.0 Å². The van der Waals surface area contributed by atoms with Gasteiger partial charge in [-0.1, -0.05) is 43.0 Å². The third kappa shape index (κ3) is 6.31. The predicted octanol–water partition coefficient (Wildman–Crippen LogP) is 5.27. The zero-order valence-electron chi connectivity index (χ0n) is 18.3. The maximum absolute atomic E-state index is 6.12. The second kappa shape index (κ2) is 11.1. The summed E-state index contributed by atoms with van der Waals surface area (Å²) in [7, 11) is 1.56. The predicted molar refractivity (Wildman–Crippen MR) is 135 cm³/mol. The number of hydrogen-bond donors (Lipinski definition) is 2. The smallest absolute Gasteiger partial charge is 0.233 e. The molecule has 0 saturated heterocycles. The molecular formula is C23H25ClN6OS2. The topological polar surface area (TPSA) is 84.9 Å². The first-order chi connectivity index (χ1) is 16.1. The molecule has 0 unspecified atom stereocenters. The van der Waals surface area contributed by atoms with E-state index in [0.29, 0.717) is 27.1 Å². The highest BCUT2D eigenvalue weighted by atomic mass is 35.5. The van der Waals surface area contributed by atoms with Crippen LogP contribution in [0.15, 0.2) is 59.0 Å². The lowest BCUT2D eigenvalue weighted by Gasteiger charge is -2.38. The van der Waals surface area contributed by atoms with Crippen LogP contribution in [0.25, 0.3) is 0 Å². The number of aromatic nitrogens is 4. The van der Waals surface area contributed by atoms with Gasteiger partial charge in [-0.15, -0.1) is 0 Å². The van der Waals surface area contributed by atoms with Gasteiger partial charge in [0.1, 0.15) is 5.03 Å². The summed E-state index contributed by atoms with van der Waals surface area (Å²) in [6.45, 7) is 0.726. The molecule has 1 saturated carbocycles. The van der Waals surface area contributed by atoms with E-state index in [9.17, 15) is 0 Å². The maximum Gasteiger partial charge on any atom is 0.233 e. The Morgan fingerprint density at radius 1 is 1.12 bits per heavy atom. The van der Waals surface area contributed by atoms with Crippen LogP contribution in [0, 0.1) is 0 Å². The van der Waals surface area contributed by atoms with Crippen molar-refractivity contribution < 1.29 is 4.74 Å². The van der Waals surface area contributed by atoms with Crippen LogP contribution in [0.4, 0.5) is 5.95 Å². The van der Waals surface area contributed by atoms with E-state index in [0.717, 1.165) is 24.4 Å². The molecule has 0 atom stereocenters. The van der Waals surface area contributed by atoms with Crippen molar-refractivity contribution in [2.24, 2.45) is 0 Å². The van der Waals surface area contributed by atoms with Crippen LogP contribution in [0.1, 0.15) is 37.7 Å². The van der Waals surface area contributed by atoms with Crippen LogP contribution in [-0.4, -0.2) is 38.7 Å². The van der Waals surface area contributed by atoms with Gasteiger partial charge in [-0.3, -0.25) is 0 Å².